The van der Waals surface area contributed by atoms with Gasteiger partial charge in [-0.2, -0.15) is 0 Å². The van der Waals surface area contributed by atoms with Crippen LogP contribution in [0.2, 0.25) is 5.02 Å². The molecule has 1 nitrogen and oxygen atoms in total. The summed E-state index contributed by atoms with van der Waals surface area (Å²) in [4.78, 5) is 2.49. The van der Waals surface area contributed by atoms with Crippen LogP contribution in [0.3, 0.4) is 0 Å². The van der Waals surface area contributed by atoms with E-state index in [1.54, 1.807) is 17.4 Å². The number of aryl methyl sites for hydroxylation is 2. The van der Waals surface area contributed by atoms with Crippen LogP contribution in [0.15, 0.2) is 24.3 Å². The quantitative estimate of drug-likeness (QED) is 0.876. The Morgan fingerprint density at radius 1 is 1.28 bits per heavy atom. The number of benzene rings is 1. The second-order valence-corrected chi connectivity index (χ2v) is 5.99. The van der Waals surface area contributed by atoms with Crippen LogP contribution in [0, 0.1) is 19.7 Å². The normalized spacial score (nSPS) is 12.7. The molecule has 1 N–H and O–H groups in total. The summed E-state index contributed by atoms with van der Waals surface area (Å²) in [6.45, 7) is 4.17. The van der Waals surface area contributed by atoms with Gasteiger partial charge in [-0.1, -0.05) is 17.7 Å². The maximum atomic E-state index is 13.1. The molecule has 1 aromatic carbocycles. The van der Waals surface area contributed by atoms with Gasteiger partial charge < -0.3 is 5.32 Å². The molecule has 18 heavy (non-hydrogen) atoms. The lowest BCUT2D eigenvalue weighted by molar-refractivity contribution is 0.624. The van der Waals surface area contributed by atoms with Crippen molar-refractivity contribution < 1.29 is 4.39 Å². The summed E-state index contributed by atoms with van der Waals surface area (Å²) in [5.74, 6) is -0.308. The molecule has 4 heteroatoms. The highest BCUT2D eigenvalue weighted by Crippen LogP contribution is 2.34. The number of rotatable bonds is 3. The van der Waals surface area contributed by atoms with Crippen molar-refractivity contribution in [3.05, 3.63) is 56.0 Å². The van der Waals surface area contributed by atoms with E-state index in [1.807, 2.05) is 7.05 Å². The molecule has 0 aliphatic rings. The summed E-state index contributed by atoms with van der Waals surface area (Å²) in [5.41, 5.74) is 2.14. The third-order valence-corrected chi connectivity index (χ3v) is 4.45. The van der Waals surface area contributed by atoms with Crippen LogP contribution in [0.1, 0.15) is 26.9 Å². The fraction of sp³-hybridized carbons (Fsp3) is 0.286. The number of halogens is 2. The van der Waals surface area contributed by atoms with Gasteiger partial charge in [0, 0.05) is 14.8 Å². The largest absolute Gasteiger partial charge is 0.309 e. The van der Waals surface area contributed by atoms with E-state index in [9.17, 15) is 4.39 Å². The van der Waals surface area contributed by atoms with Crippen LogP contribution >= 0.6 is 22.9 Å². The lowest BCUT2D eigenvalue weighted by atomic mass is 10.0. The van der Waals surface area contributed by atoms with Crippen molar-refractivity contribution in [1.82, 2.24) is 5.32 Å². The molecule has 1 unspecified atom stereocenters. The zero-order valence-electron chi connectivity index (χ0n) is 10.6. The first-order valence-electron chi connectivity index (χ1n) is 5.72. The summed E-state index contributed by atoms with van der Waals surface area (Å²) in [7, 11) is 1.89. The monoisotopic (exact) mass is 283 g/mol. The molecule has 1 heterocycles. The Morgan fingerprint density at radius 3 is 2.50 bits per heavy atom. The average molecular weight is 284 g/mol. The summed E-state index contributed by atoms with van der Waals surface area (Å²) >= 11 is 7.88. The SMILES string of the molecule is CNC(c1ccc(F)cc1Cl)c1sc(C)cc1C. The molecule has 0 saturated carbocycles. The highest BCUT2D eigenvalue weighted by atomic mass is 35.5. The second-order valence-electron chi connectivity index (χ2n) is 4.29. The molecule has 0 saturated heterocycles. The van der Waals surface area contributed by atoms with Crippen molar-refractivity contribution in [3.63, 3.8) is 0 Å². The topological polar surface area (TPSA) is 12.0 Å². The summed E-state index contributed by atoms with van der Waals surface area (Å²) in [6.07, 6.45) is 0. The van der Waals surface area contributed by atoms with E-state index in [-0.39, 0.29) is 11.9 Å². The maximum Gasteiger partial charge on any atom is 0.124 e. The predicted molar refractivity (Wildman–Crippen MR) is 76.1 cm³/mol. The molecule has 96 valence electrons. The van der Waals surface area contributed by atoms with Crippen molar-refractivity contribution in [1.29, 1.82) is 0 Å². The van der Waals surface area contributed by atoms with Crippen molar-refractivity contribution >= 4 is 22.9 Å². The first-order chi connectivity index (χ1) is 8.52. The van der Waals surface area contributed by atoms with Gasteiger partial charge in [-0.15, -0.1) is 11.3 Å². The molecule has 0 amide bonds. The molecule has 0 spiro atoms. The van der Waals surface area contributed by atoms with Crippen LogP contribution in [-0.2, 0) is 0 Å². The third-order valence-electron chi connectivity index (χ3n) is 2.90. The molecule has 2 aromatic rings. The number of hydrogen-bond acceptors (Lipinski definition) is 2. The highest BCUT2D eigenvalue weighted by molar-refractivity contribution is 7.12. The Balaban J connectivity index is 2.48. The smallest absolute Gasteiger partial charge is 0.124 e. The number of nitrogens with one attached hydrogen (secondary N) is 1. The Morgan fingerprint density at radius 2 is 2.00 bits per heavy atom. The van der Waals surface area contributed by atoms with Gasteiger partial charge in [0.05, 0.1) is 6.04 Å². The van der Waals surface area contributed by atoms with Gasteiger partial charge in [0.1, 0.15) is 5.82 Å². The standard InChI is InChI=1S/C14H15ClFNS/c1-8-6-9(2)18-14(8)13(17-3)11-5-4-10(16)7-12(11)15/h4-7,13,17H,1-3H3. The Hall–Kier alpha value is -0.900. The van der Waals surface area contributed by atoms with Gasteiger partial charge in [0.25, 0.3) is 0 Å². The summed E-state index contributed by atoms with van der Waals surface area (Å²) in [6, 6.07) is 6.71. The van der Waals surface area contributed by atoms with E-state index < -0.39 is 0 Å². The molecular formula is C14H15ClFNS. The van der Waals surface area contributed by atoms with Gasteiger partial charge in [-0.25, -0.2) is 4.39 Å². The lowest BCUT2D eigenvalue weighted by Gasteiger charge is -2.18. The fourth-order valence-corrected chi connectivity index (χ4v) is 3.55. The van der Waals surface area contributed by atoms with Gasteiger partial charge in [0.2, 0.25) is 0 Å². The van der Waals surface area contributed by atoms with Gasteiger partial charge in [0.15, 0.2) is 0 Å². The first-order valence-corrected chi connectivity index (χ1v) is 6.91. The molecule has 1 aromatic heterocycles. The van der Waals surface area contributed by atoms with Gasteiger partial charge >= 0.3 is 0 Å². The number of hydrogen-bond donors (Lipinski definition) is 1. The molecule has 0 radical (unpaired) electrons. The van der Waals surface area contributed by atoms with E-state index in [2.05, 4.69) is 25.2 Å². The third kappa shape index (κ3) is 2.58. The molecule has 0 bridgehead atoms. The first kappa shape index (κ1) is 13.5. The zero-order valence-corrected chi connectivity index (χ0v) is 12.1. The van der Waals surface area contributed by atoms with Crippen molar-refractivity contribution in [2.45, 2.75) is 19.9 Å². The second kappa shape index (κ2) is 5.39. The van der Waals surface area contributed by atoms with Crippen LogP contribution in [0.25, 0.3) is 0 Å². The Kier molecular flexibility index (Phi) is 4.05. The minimum absolute atomic E-state index is 0.0109. The predicted octanol–water partition coefficient (Wildman–Crippen LogP) is 4.47. The zero-order chi connectivity index (χ0) is 13.3. The van der Waals surface area contributed by atoms with Gasteiger partial charge in [-0.3, -0.25) is 0 Å². The molecule has 1 atom stereocenters. The van der Waals surface area contributed by atoms with E-state index in [1.165, 1.54) is 27.5 Å². The molecular weight excluding hydrogens is 269 g/mol. The lowest BCUT2D eigenvalue weighted by Crippen LogP contribution is -2.17. The average Bonchev–Trinajstić information content (AvgIpc) is 2.62. The Bertz CT molecular complexity index is 565. The van der Waals surface area contributed by atoms with Crippen LogP contribution in [0.4, 0.5) is 4.39 Å². The number of thiophene rings is 1. The fourth-order valence-electron chi connectivity index (χ4n) is 2.11. The van der Waals surface area contributed by atoms with E-state index >= 15 is 0 Å². The molecule has 0 fully saturated rings. The molecule has 0 aliphatic carbocycles. The highest BCUT2D eigenvalue weighted by Gasteiger charge is 2.19. The van der Waals surface area contributed by atoms with Crippen molar-refractivity contribution in [3.8, 4) is 0 Å². The van der Waals surface area contributed by atoms with Crippen molar-refractivity contribution in [2.75, 3.05) is 7.05 Å². The summed E-state index contributed by atoms with van der Waals surface area (Å²) in [5, 5.41) is 3.71. The van der Waals surface area contributed by atoms with Crippen LogP contribution < -0.4 is 5.32 Å². The van der Waals surface area contributed by atoms with Crippen LogP contribution in [0.5, 0.6) is 0 Å². The van der Waals surface area contributed by atoms with E-state index in [0.717, 1.165) is 5.56 Å². The minimum atomic E-state index is -0.308. The maximum absolute atomic E-state index is 13.1. The molecule has 2 rings (SSSR count). The Labute approximate surface area is 116 Å². The minimum Gasteiger partial charge on any atom is -0.309 e. The molecule has 0 aliphatic heterocycles. The van der Waals surface area contributed by atoms with E-state index in [4.69, 9.17) is 11.6 Å². The van der Waals surface area contributed by atoms with E-state index in [0.29, 0.717) is 5.02 Å². The van der Waals surface area contributed by atoms with Gasteiger partial charge in [-0.05, 0) is 50.2 Å². The summed E-state index contributed by atoms with van der Waals surface area (Å²) < 4.78 is 13.1. The van der Waals surface area contributed by atoms with Crippen molar-refractivity contribution in [2.24, 2.45) is 0 Å². The van der Waals surface area contributed by atoms with Crippen LogP contribution in [-0.4, -0.2) is 7.05 Å².